The fraction of sp³-hybridized carbons (Fsp3) is 0.737. The minimum atomic E-state index is -1.06. The molecule has 2 rings (SSSR count). The molecule has 0 bridgehead atoms. The van der Waals surface area contributed by atoms with Gasteiger partial charge in [0.15, 0.2) is 0 Å². The van der Waals surface area contributed by atoms with Gasteiger partial charge in [0.1, 0.15) is 0 Å². The Balaban J connectivity index is 1.94. The van der Waals surface area contributed by atoms with E-state index < -0.39 is 18.2 Å². The van der Waals surface area contributed by atoms with E-state index >= 15 is 0 Å². The number of carbonyl (C=O) groups is 1. The minimum Gasteiger partial charge on any atom is -0.481 e. The molecule has 24 heavy (non-hydrogen) atoms. The van der Waals surface area contributed by atoms with Crippen molar-refractivity contribution in [3.8, 4) is 0 Å². The number of aliphatic hydroxyl groups excluding tert-OH is 3. The second-order valence-electron chi connectivity index (χ2n) is 7.57. The first-order chi connectivity index (χ1) is 11.3. The summed E-state index contributed by atoms with van der Waals surface area (Å²) >= 11 is 0. The van der Waals surface area contributed by atoms with Gasteiger partial charge in [0, 0.05) is 5.92 Å². The third-order valence-electron chi connectivity index (χ3n) is 5.41. The molecule has 0 saturated carbocycles. The van der Waals surface area contributed by atoms with Crippen LogP contribution in [0.4, 0.5) is 0 Å². The van der Waals surface area contributed by atoms with Crippen molar-refractivity contribution in [3.63, 3.8) is 0 Å². The van der Waals surface area contributed by atoms with E-state index in [0.29, 0.717) is 18.3 Å². The smallest absolute Gasteiger partial charge is 0.305 e. The Hall–Kier alpha value is -1.17. The molecule has 4 N–H and O–H groups in total. The summed E-state index contributed by atoms with van der Waals surface area (Å²) in [5.74, 6) is 0.00962. The number of aliphatic carboxylic acids is 1. The average Bonchev–Trinajstić information content (AvgIpc) is 2.45. The Morgan fingerprint density at radius 2 is 2.00 bits per heavy atom. The molecule has 2 unspecified atom stereocenters. The first-order valence-corrected chi connectivity index (χ1v) is 8.93. The molecule has 0 radical (unpaired) electrons. The highest BCUT2D eigenvalue weighted by atomic mass is 16.4. The number of hydrogen-bond donors (Lipinski definition) is 4. The summed E-state index contributed by atoms with van der Waals surface area (Å²) in [5.41, 5.74) is 1.20. The lowest BCUT2D eigenvalue weighted by molar-refractivity contribution is -0.139. The Morgan fingerprint density at radius 3 is 2.67 bits per heavy atom. The number of allylic oxidation sites excluding steroid dienone is 3. The summed E-state index contributed by atoms with van der Waals surface area (Å²) in [4.78, 5) is 10.6. The molecule has 0 aromatic rings. The van der Waals surface area contributed by atoms with Gasteiger partial charge in [0.2, 0.25) is 0 Å². The number of carboxylic acid groups (broad SMARTS) is 1. The minimum absolute atomic E-state index is 0.0796. The molecule has 0 aromatic heterocycles. The summed E-state index contributed by atoms with van der Waals surface area (Å²) in [6.45, 7) is 4.25. The molecule has 0 amide bonds. The third-order valence-corrected chi connectivity index (χ3v) is 5.41. The van der Waals surface area contributed by atoms with Gasteiger partial charge >= 0.3 is 5.97 Å². The maximum atomic E-state index is 10.6. The van der Waals surface area contributed by atoms with Crippen LogP contribution in [-0.2, 0) is 4.79 Å². The molecule has 0 saturated heterocycles. The zero-order valence-corrected chi connectivity index (χ0v) is 14.5. The molecule has 2 aliphatic carbocycles. The van der Waals surface area contributed by atoms with E-state index in [4.69, 9.17) is 5.11 Å². The van der Waals surface area contributed by atoms with Crippen LogP contribution in [0.2, 0.25) is 0 Å². The van der Waals surface area contributed by atoms with Crippen LogP contribution in [0.3, 0.4) is 0 Å². The number of hydrogen-bond acceptors (Lipinski definition) is 4. The summed E-state index contributed by atoms with van der Waals surface area (Å²) in [7, 11) is 0. The van der Waals surface area contributed by atoms with Gasteiger partial charge in [0.25, 0.3) is 0 Å². The fourth-order valence-corrected chi connectivity index (χ4v) is 4.23. The zero-order chi connectivity index (χ0) is 17.9. The van der Waals surface area contributed by atoms with Crippen LogP contribution < -0.4 is 0 Å². The predicted molar refractivity (Wildman–Crippen MR) is 91.3 cm³/mol. The van der Waals surface area contributed by atoms with Crippen LogP contribution in [0, 0.1) is 23.7 Å². The van der Waals surface area contributed by atoms with Crippen molar-refractivity contribution in [1.82, 2.24) is 0 Å². The Kier molecular flexibility index (Phi) is 6.61. The van der Waals surface area contributed by atoms with E-state index in [1.165, 1.54) is 5.57 Å². The van der Waals surface area contributed by atoms with Gasteiger partial charge in [-0.15, -0.1) is 0 Å². The number of rotatable bonds is 7. The van der Waals surface area contributed by atoms with E-state index in [0.717, 1.165) is 12.8 Å². The first-order valence-electron chi connectivity index (χ1n) is 8.93. The summed E-state index contributed by atoms with van der Waals surface area (Å²) in [6, 6.07) is 0. The summed E-state index contributed by atoms with van der Waals surface area (Å²) < 4.78 is 0. The molecule has 0 spiro atoms. The molecule has 136 valence electrons. The Bertz CT molecular complexity index is 498. The summed E-state index contributed by atoms with van der Waals surface area (Å²) in [5, 5.41) is 38.9. The maximum Gasteiger partial charge on any atom is 0.305 e. The Labute approximate surface area is 143 Å². The average molecular weight is 338 g/mol. The van der Waals surface area contributed by atoms with Gasteiger partial charge in [-0.2, -0.15) is 0 Å². The molecule has 0 aliphatic heterocycles. The highest BCUT2D eigenvalue weighted by molar-refractivity contribution is 5.67. The molecule has 2 aliphatic rings. The Morgan fingerprint density at radius 1 is 1.29 bits per heavy atom. The fourth-order valence-electron chi connectivity index (χ4n) is 4.23. The quantitative estimate of drug-likeness (QED) is 0.570. The van der Waals surface area contributed by atoms with Crippen LogP contribution in [-0.4, -0.2) is 44.7 Å². The number of fused-ring (bicyclic) bond motifs is 1. The van der Waals surface area contributed by atoms with Gasteiger partial charge in [-0.3, -0.25) is 4.79 Å². The molecule has 0 aromatic carbocycles. The van der Waals surface area contributed by atoms with Crippen LogP contribution in [0.15, 0.2) is 23.8 Å². The zero-order valence-electron chi connectivity index (χ0n) is 14.5. The maximum absolute atomic E-state index is 10.6. The lowest BCUT2D eigenvalue weighted by Gasteiger charge is -2.41. The number of aliphatic hydroxyl groups is 3. The monoisotopic (exact) mass is 338 g/mol. The van der Waals surface area contributed by atoms with Crippen molar-refractivity contribution in [1.29, 1.82) is 0 Å². The molecular formula is C19H30O5. The largest absolute Gasteiger partial charge is 0.481 e. The van der Waals surface area contributed by atoms with Crippen molar-refractivity contribution >= 4 is 5.97 Å². The van der Waals surface area contributed by atoms with Gasteiger partial charge in [-0.05, 0) is 49.0 Å². The van der Waals surface area contributed by atoms with Crippen molar-refractivity contribution in [2.45, 2.75) is 64.3 Å². The lowest BCUT2D eigenvalue weighted by atomic mass is 9.65. The van der Waals surface area contributed by atoms with Gasteiger partial charge < -0.3 is 20.4 Å². The highest BCUT2D eigenvalue weighted by Crippen LogP contribution is 2.43. The molecule has 7 atom stereocenters. The van der Waals surface area contributed by atoms with Crippen molar-refractivity contribution in [3.05, 3.63) is 23.8 Å². The standard InChI is InChI=1S/C19H30O5/c1-11-7-13-4-3-12(2)16(19(13)17(22)8-11)6-5-14(20)9-15(21)10-18(23)24/h3-4,7,11-12,14-17,19-22H,5-6,8-10H2,1-2H3,(H,23,24)/t11-,12-,14?,15?,16-,17-,19-/m0/s1. The van der Waals surface area contributed by atoms with Gasteiger partial charge in [0.05, 0.1) is 24.7 Å². The predicted octanol–water partition coefficient (Wildman–Crippen LogP) is 2.12. The molecule has 0 heterocycles. The van der Waals surface area contributed by atoms with E-state index in [2.05, 4.69) is 32.1 Å². The van der Waals surface area contributed by atoms with Crippen LogP contribution in [0.25, 0.3) is 0 Å². The highest BCUT2D eigenvalue weighted by Gasteiger charge is 2.38. The van der Waals surface area contributed by atoms with Crippen LogP contribution >= 0.6 is 0 Å². The van der Waals surface area contributed by atoms with E-state index in [-0.39, 0.29) is 30.8 Å². The third kappa shape index (κ3) is 4.91. The van der Waals surface area contributed by atoms with Crippen LogP contribution in [0.5, 0.6) is 0 Å². The van der Waals surface area contributed by atoms with Crippen molar-refractivity contribution in [2.24, 2.45) is 23.7 Å². The second-order valence-corrected chi connectivity index (χ2v) is 7.57. The normalized spacial score (nSPS) is 35.0. The van der Waals surface area contributed by atoms with E-state index in [1.54, 1.807) is 0 Å². The van der Waals surface area contributed by atoms with E-state index in [1.807, 2.05) is 0 Å². The van der Waals surface area contributed by atoms with Crippen LogP contribution in [0.1, 0.15) is 46.0 Å². The molecule has 0 fully saturated rings. The topological polar surface area (TPSA) is 98.0 Å². The first kappa shape index (κ1) is 19.2. The van der Waals surface area contributed by atoms with Gasteiger partial charge in [-0.1, -0.05) is 32.1 Å². The molecule has 5 nitrogen and oxygen atoms in total. The SMILES string of the molecule is C[C@H]1C=C2C=C[C@H](C)[C@H](CCC(O)CC(O)CC(=O)O)[C@H]2[C@@H](O)C1. The molecule has 5 heteroatoms. The van der Waals surface area contributed by atoms with Crippen molar-refractivity contribution in [2.75, 3.05) is 0 Å². The van der Waals surface area contributed by atoms with Crippen molar-refractivity contribution < 1.29 is 25.2 Å². The second kappa shape index (κ2) is 8.28. The number of carboxylic acids is 1. The lowest BCUT2D eigenvalue weighted by Crippen LogP contribution is -2.38. The van der Waals surface area contributed by atoms with E-state index in [9.17, 15) is 20.1 Å². The summed E-state index contributed by atoms with van der Waals surface area (Å²) in [6.07, 6.45) is 6.20. The molecular weight excluding hydrogens is 308 g/mol. The van der Waals surface area contributed by atoms with Gasteiger partial charge in [-0.25, -0.2) is 0 Å².